The molecule has 1 aromatic carbocycles. The van der Waals surface area contributed by atoms with Gasteiger partial charge in [0.25, 0.3) is 0 Å². The fraction of sp³-hybridized carbons (Fsp3) is 0.0769. The van der Waals surface area contributed by atoms with Crippen LogP contribution in [0.4, 0.5) is 5.69 Å². The molecule has 0 atom stereocenters. The molecule has 2 N–H and O–H groups in total. The third-order valence-corrected chi connectivity index (χ3v) is 3.43. The highest BCUT2D eigenvalue weighted by atomic mass is 32.1. The number of nitrogens with one attached hydrogen (secondary N) is 2. The molecule has 3 rings (SSSR count). The lowest BCUT2D eigenvalue weighted by atomic mass is 10.2. The number of thiazole rings is 1. The van der Waals surface area contributed by atoms with Crippen LogP contribution in [-0.2, 0) is 6.54 Å². The Balaban J connectivity index is 1.68. The van der Waals surface area contributed by atoms with Crippen LogP contribution in [0.3, 0.4) is 0 Å². The van der Waals surface area contributed by atoms with Crippen LogP contribution in [0.15, 0.2) is 48.1 Å². The molecule has 0 unspecified atom stereocenters. The third-order valence-electron chi connectivity index (χ3n) is 2.61. The van der Waals surface area contributed by atoms with Gasteiger partial charge in [-0.2, -0.15) is 5.10 Å². The number of hydrogen-bond donors (Lipinski definition) is 2. The van der Waals surface area contributed by atoms with E-state index in [-0.39, 0.29) is 0 Å². The SMILES string of the molecule is c1cc(CNc2ccc(-c3nccs3)cc2)[nH]n1. The standard InChI is InChI=1S/C13H12N4S/c1-3-11(15-9-12-5-6-16-17-12)4-2-10(1)13-14-7-8-18-13/h1-8,15H,9H2,(H,16,17). The van der Waals surface area contributed by atoms with Crippen LogP contribution in [0.5, 0.6) is 0 Å². The van der Waals surface area contributed by atoms with Crippen LogP contribution < -0.4 is 5.32 Å². The molecule has 0 spiro atoms. The van der Waals surface area contributed by atoms with Gasteiger partial charge >= 0.3 is 0 Å². The number of H-pyrrole nitrogens is 1. The third kappa shape index (κ3) is 2.41. The maximum atomic E-state index is 4.29. The molecule has 4 nitrogen and oxygen atoms in total. The Bertz CT molecular complexity index is 584. The van der Waals surface area contributed by atoms with Gasteiger partial charge in [-0.3, -0.25) is 5.10 Å². The molecule has 3 aromatic rings. The van der Waals surface area contributed by atoms with Crippen LogP contribution in [0.2, 0.25) is 0 Å². The Morgan fingerprint density at radius 3 is 2.67 bits per heavy atom. The summed E-state index contributed by atoms with van der Waals surface area (Å²) in [6, 6.07) is 10.2. The van der Waals surface area contributed by atoms with E-state index in [1.165, 1.54) is 0 Å². The van der Waals surface area contributed by atoms with Gasteiger partial charge in [-0.1, -0.05) is 0 Å². The molecule has 0 aliphatic carbocycles. The number of benzene rings is 1. The maximum Gasteiger partial charge on any atom is 0.123 e. The second-order valence-electron chi connectivity index (χ2n) is 3.85. The molecular formula is C13H12N4S. The molecule has 0 aliphatic rings. The number of rotatable bonds is 4. The van der Waals surface area contributed by atoms with E-state index >= 15 is 0 Å². The van der Waals surface area contributed by atoms with E-state index in [9.17, 15) is 0 Å². The van der Waals surface area contributed by atoms with E-state index in [0.717, 1.165) is 28.5 Å². The topological polar surface area (TPSA) is 53.6 Å². The van der Waals surface area contributed by atoms with E-state index < -0.39 is 0 Å². The van der Waals surface area contributed by atoms with Crippen LogP contribution in [-0.4, -0.2) is 15.2 Å². The summed E-state index contributed by atoms with van der Waals surface area (Å²) in [4.78, 5) is 4.29. The summed E-state index contributed by atoms with van der Waals surface area (Å²) < 4.78 is 0. The maximum absolute atomic E-state index is 4.29. The van der Waals surface area contributed by atoms with Crippen molar-refractivity contribution >= 4 is 17.0 Å². The predicted molar refractivity (Wildman–Crippen MR) is 73.5 cm³/mol. The Kier molecular flexibility index (Phi) is 3.06. The van der Waals surface area contributed by atoms with Crippen LogP contribution in [0.1, 0.15) is 5.69 Å². The first-order chi connectivity index (χ1) is 8.92. The second kappa shape index (κ2) is 5.01. The lowest BCUT2D eigenvalue weighted by Gasteiger charge is -2.05. The van der Waals surface area contributed by atoms with E-state index in [0.29, 0.717) is 0 Å². The molecule has 0 aliphatic heterocycles. The molecular weight excluding hydrogens is 244 g/mol. The normalized spacial score (nSPS) is 10.4. The predicted octanol–water partition coefficient (Wildman–Crippen LogP) is 3.15. The highest BCUT2D eigenvalue weighted by molar-refractivity contribution is 7.13. The van der Waals surface area contributed by atoms with E-state index in [2.05, 4.69) is 44.8 Å². The van der Waals surface area contributed by atoms with Crippen LogP contribution >= 0.6 is 11.3 Å². The highest BCUT2D eigenvalue weighted by Crippen LogP contribution is 2.23. The van der Waals surface area contributed by atoms with Crippen LogP contribution in [0.25, 0.3) is 10.6 Å². The molecule has 0 amide bonds. The van der Waals surface area contributed by atoms with Crippen molar-refractivity contribution in [2.75, 3.05) is 5.32 Å². The second-order valence-corrected chi connectivity index (χ2v) is 4.74. The lowest BCUT2D eigenvalue weighted by Crippen LogP contribution is -1.99. The summed E-state index contributed by atoms with van der Waals surface area (Å²) in [5.41, 5.74) is 3.31. The fourth-order valence-electron chi connectivity index (χ4n) is 1.68. The zero-order valence-corrected chi connectivity index (χ0v) is 10.4. The summed E-state index contributed by atoms with van der Waals surface area (Å²) >= 11 is 1.65. The van der Waals surface area contributed by atoms with Gasteiger partial charge < -0.3 is 5.32 Å². The molecule has 2 aromatic heterocycles. The molecule has 5 heteroatoms. The number of hydrogen-bond acceptors (Lipinski definition) is 4. The molecule has 0 fully saturated rings. The number of nitrogens with zero attached hydrogens (tertiary/aromatic N) is 2. The number of aromatic nitrogens is 3. The van der Waals surface area contributed by atoms with Crippen molar-refractivity contribution in [3.05, 3.63) is 53.8 Å². The molecule has 0 saturated carbocycles. The number of aromatic amines is 1. The van der Waals surface area contributed by atoms with Gasteiger partial charge in [0.1, 0.15) is 5.01 Å². The first kappa shape index (κ1) is 11.0. The van der Waals surface area contributed by atoms with E-state index in [1.807, 2.05) is 17.6 Å². The van der Waals surface area contributed by atoms with Crippen molar-refractivity contribution in [2.45, 2.75) is 6.54 Å². The van der Waals surface area contributed by atoms with E-state index in [4.69, 9.17) is 0 Å². The monoisotopic (exact) mass is 256 g/mol. The molecule has 0 bridgehead atoms. The summed E-state index contributed by atoms with van der Waals surface area (Å²) in [6.07, 6.45) is 3.58. The highest BCUT2D eigenvalue weighted by Gasteiger charge is 2.00. The van der Waals surface area contributed by atoms with Gasteiger partial charge in [0.15, 0.2) is 0 Å². The smallest absolute Gasteiger partial charge is 0.123 e. The van der Waals surface area contributed by atoms with Gasteiger partial charge in [-0.15, -0.1) is 11.3 Å². The summed E-state index contributed by atoms with van der Waals surface area (Å²) in [7, 11) is 0. The minimum Gasteiger partial charge on any atom is -0.379 e. The average Bonchev–Trinajstić information content (AvgIpc) is 3.10. The summed E-state index contributed by atoms with van der Waals surface area (Å²) in [6.45, 7) is 0.747. The first-order valence-corrected chi connectivity index (χ1v) is 6.52. The Morgan fingerprint density at radius 1 is 1.11 bits per heavy atom. The zero-order valence-electron chi connectivity index (χ0n) is 9.63. The minimum atomic E-state index is 0.747. The van der Waals surface area contributed by atoms with Crippen molar-refractivity contribution in [1.29, 1.82) is 0 Å². The van der Waals surface area contributed by atoms with Crippen molar-refractivity contribution in [2.24, 2.45) is 0 Å². The molecule has 90 valence electrons. The quantitative estimate of drug-likeness (QED) is 0.754. The van der Waals surface area contributed by atoms with Gasteiger partial charge in [0, 0.05) is 29.0 Å². The first-order valence-electron chi connectivity index (χ1n) is 5.64. The van der Waals surface area contributed by atoms with Crippen molar-refractivity contribution in [3.63, 3.8) is 0 Å². The zero-order chi connectivity index (χ0) is 12.2. The largest absolute Gasteiger partial charge is 0.379 e. The van der Waals surface area contributed by atoms with Gasteiger partial charge in [0.05, 0.1) is 12.2 Å². The molecule has 0 radical (unpaired) electrons. The van der Waals surface area contributed by atoms with Gasteiger partial charge in [-0.25, -0.2) is 4.98 Å². The minimum absolute atomic E-state index is 0.747. The molecule has 18 heavy (non-hydrogen) atoms. The van der Waals surface area contributed by atoms with Crippen LogP contribution in [0, 0.1) is 0 Å². The van der Waals surface area contributed by atoms with Gasteiger partial charge in [-0.05, 0) is 30.3 Å². The Hall–Kier alpha value is -2.14. The lowest BCUT2D eigenvalue weighted by molar-refractivity contribution is 0.981. The Labute approximate surface area is 109 Å². The van der Waals surface area contributed by atoms with Crippen molar-refractivity contribution in [1.82, 2.24) is 15.2 Å². The molecule has 0 saturated heterocycles. The van der Waals surface area contributed by atoms with Crippen molar-refractivity contribution in [3.8, 4) is 10.6 Å². The molecule has 2 heterocycles. The fourth-order valence-corrected chi connectivity index (χ4v) is 2.32. The summed E-state index contributed by atoms with van der Waals surface area (Å²) in [5.74, 6) is 0. The van der Waals surface area contributed by atoms with Crippen molar-refractivity contribution < 1.29 is 0 Å². The van der Waals surface area contributed by atoms with E-state index in [1.54, 1.807) is 17.5 Å². The Morgan fingerprint density at radius 2 is 2.00 bits per heavy atom. The number of anilines is 1. The van der Waals surface area contributed by atoms with Gasteiger partial charge in [0.2, 0.25) is 0 Å². The average molecular weight is 256 g/mol. The summed E-state index contributed by atoms with van der Waals surface area (Å²) in [5, 5.41) is 13.2.